The van der Waals surface area contributed by atoms with Gasteiger partial charge in [0.05, 0.1) is 29.0 Å². The lowest BCUT2D eigenvalue weighted by atomic mass is 10.1. The Bertz CT molecular complexity index is 1090. The SMILES string of the molecule is CC(=O)Nc1ccc(N2C(=O)c3ccc(C(=O)O[C@@H]4CCOC4=O)cc3C2=O)cc1. The summed E-state index contributed by atoms with van der Waals surface area (Å²) in [4.78, 5) is 61.5. The van der Waals surface area contributed by atoms with Gasteiger partial charge in [-0.2, -0.15) is 0 Å². The highest BCUT2D eigenvalue weighted by molar-refractivity contribution is 6.34. The van der Waals surface area contributed by atoms with Crippen LogP contribution in [0.4, 0.5) is 11.4 Å². The number of hydrogen-bond donors (Lipinski definition) is 1. The number of fused-ring (bicyclic) bond motifs is 1. The van der Waals surface area contributed by atoms with E-state index in [4.69, 9.17) is 9.47 Å². The number of cyclic esters (lactones) is 1. The molecule has 1 fully saturated rings. The van der Waals surface area contributed by atoms with Crippen LogP contribution in [0.5, 0.6) is 0 Å². The number of esters is 2. The van der Waals surface area contributed by atoms with Crippen molar-refractivity contribution in [3.8, 4) is 0 Å². The molecule has 152 valence electrons. The van der Waals surface area contributed by atoms with Crippen molar-refractivity contribution in [2.24, 2.45) is 0 Å². The lowest BCUT2D eigenvalue weighted by molar-refractivity contribution is -0.145. The molecule has 0 saturated carbocycles. The highest BCUT2D eigenvalue weighted by Gasteiger charge is 2.38. The van der Waals surface area contributed by atoms with E-state index in [-0.39, 0.29) is 35.6 Å². The van der Waals surface area contributed by atoms with Crippen molar-refractivity contribution in [1.29, 1.82) is 0 Å². The molecule has 0 aromatic heterocycles. The van der Waals surface area contributed by atoms with Gasteiger partial charge >= 0.3 is 11.9 Å². The van der Waals surface area contributed by atoms with E-state index in [1.165, 1.54) is 37.3 Å². The van der Waals surface area contributed by atoms with Gasteiger partial charge in [-0.15, -0.1) is 0 Å². The number of anilines is 2. The predicted molar refractivity (Wildman–Crippen MR) is 103 cm³/mol. The first kappa shape index (κ1) is 19.3. The van der Waals surface area contributed by atoms with Crippen LogP contribution in [0.25, 0.3) is 0 Å². The van der Waals surface area contributed by atoms with Crippen LogP contribution in [-0.4, -0.2) is 42.4 Å². The number of ether oxygens (including phenoxy) is 2. The molecule has 2 aliphatic heterocycles. The Morgan fingerprint density at radius 3 is 2.37 bits per heavy atom. The van der Waals surface area contributed by atoms with Crippen LogP contribution in [0.3, 0.4) is 0 Å². The van der Waals surface area contributed by atoms with Crippen LogP contribution >= 0.6 is 0 Å². The van der Waals surface area contributed by atoms with Gasteiger partial charge in [-0.05, 0) is 42.5 Å². The van der Waals surface area contributed by atoms with Crippen molar-refractivity contribution in [3.05, 3.63) is 59.2 Å². The number of carbonyl (C=O) groups is 5. The quantitative estimate of drug-likeness (QED) is 0.606. The Hall–Kier alpha value is -4.01. The van der Waals surface area contributed by atoms with Crippen molar-refractivity contribution >= 4 is 41.0 Å². The predicted octanol–water partition coefficient (Wildman–Crippen LogP) is 1.92. The summed E-state index contributed by atoms with van der Waals surface area (Å²) in [6.45, 7) is 1.56. The summed E-state index contributed by atoms with van der Waals surface area (Å²) in [7, 11) is 0. The number of carbonyl (C=O) groups excluding carboxylic acids is 5. The zero-order chi connectivity index (χ0) is 21.4. The molecule has 2 aromatic carbocycles. The number of rotatable bonds is 4. The molecule has 0 bridgehead atoms. The fourth-order valence-corrected chi connectivity index (χ4v) is 3.28. The Balaban J connectivity index is 1.56. The third-order valence-corrected chi connectivity index (χ3v) is 4.70. The average molecular weight is 408 g/mol. The molecule has 1 saturated heterocycles. The monoisotopic (exact) mass is 408 g/mol. The minimum Gasteiger partial charge on any atom is -0.463 e. The van der Waals surface area contributed by atoms with Gasteiger partial charge in [-0.3, -0.25) is 14.4 Å². The molecule has 2 heterocycles. The van der Waals surface area contributed by atoms with Crippen LogP contribution in [0.2, 0.25) is 0 Å². The van der Waals surface area contributed by atoms with Gasteiger partial charge in [0.1, 0.15) is 0 Å². The second kappa shape index (κ2) is 7.43. The number of nitrogens with one attached hydrogen (secondary N) is 1. The second-order valence-electron chi connectivity index (χ2n) is 6.78. The molecule has 2 aliphatic rings. The normalized spacial score (nSPS) is 17.6. The first-order chi connectivity index (χ1) is 14.3. The topological polar surface area (TPSA) is 119 Å². The van der Waals surface area contributed by atoms with Gasteiger partial charge in [0, 0.05) is 19.0 Å². The van der Waals surface area contributed by atoms with E-state index in [9.17, 15) is 24.0 Å². The minimum atomic E-state index is -0.971. The molecule has 30 heavy (non-hydrogen) atoms. The van der Waals surface area contributed by atoms with Gasteiger partial charge in [-0.25, -0.2) is 14.5 Å². The van der Waals surface area contributed by atoms with Gasteiger partial charge in [-0.1, -0.05) is 0 Å². The summed E-state index contributed by atoms with van der Waals surface area (Å²) >= 11 is 0. The summed E-state index contributed by atoms with van der Waals surface area (Å²) in [5.74, 6) is -2.74. The van der Waals surface area contributed by atoms with Crippen molar-refractivity contribution < 1.29 is 33.4 Å². The van der Waals surface area contributed by atoms with E-state index in [0.717, 1.165) is 4.90 Å². The van der Waals surface area contributed by atoms with E-state index in [0.29, 0.717) is 11.4 Å². The average Bonchev–Trinajstić information content (AvgIpc) is 3.23. The molecule has 9 nitrogen and oxygen atoms in total. The molecule has 1 atom stereocenters. The smallest absolute Gasteiger partial charge is 0.347 e. The van der Waals surface area contributed by atoms with Gasteiger partial charge in [0.15, 0.2) is 0 Å². The number of benzene rings is 2. The summed E-state index contributed by atoms with van der Waals surface area (Å²) in [5.41, 5.74) is 1.13. The summed E-state index contributed by atoms with van der Waals surface area (Å²) in [6.07, 6.45) is -0.698. The molecule has 0 aliphatic carbocycles. The number of imide groups is 1. The summed E-state index contributed by atoms with van der Waals surface area (Å²) in [6, 6.07) is 10.2. The lowest BCUT2D eigenvalue weighted by Crippen LogP contribution is -2.29. The minimum absolute atomic E-state index is 0.0532. The largest absolute Gasteiger partial charge is 0.463 e. The Morgan fingerprint density at radius 2 is 1.73 bits per heavy atom. The standard InChI is InChI=1S/C21H16N2O7/c1-11(24)22-13-3-5-14(6-4-13)23-18(25)15-7-2-12(10-16(15)19(23)26)20(27)30-17-8-9-29-21(17)28/h2-7,10,17H,8-9H2,1H3,(H,22,24)/t17-/m1/s1. The summed E-state index contributed by atoms with van der Waals surface area (Å²) in [5, 5.41) is 2.60. The summed E-state index contributed by atoms with van der Waals surface area (Å²) < 4.78 is 9.89. The molecule has 0 radical (unpaired) electrons. The van der Waals surface area contributed by atoms with Crippen LogP contribution in [-0.2, 0) is 19.1 Å². The van der Waals surface area contributed by atoms with E-state index >= 15 is 0 Å². The Labute approximate surface area is 170 Å². The molecular formula is C21H16N2O7. The van der Waals surface area contributed by atoms with E-state index in [2.05, 4.69) is 5.32 Å². The van der Waals surface area contributed by atoms with E-state index < -0.39 is 29.9 Å². The zero-order valence-corrected chi connectivity index (χ0v) is 15.8. The maximum atomic E-state index is 12.9. The second-order valence-corrected chi connectivity index (χ2v) is 6.78. The zero-order valence-electron chi connectivity index (χ0n) is 15.8. The number of amides is 3. The Kier molecular flexibility index (Phi) is 4.78. The number of hydrogen-bond acceptors (Lipinski definition) is 7. The van der Waals surface area contributed by atoms with Crippen molar-refractivity contribution in [3.63, 3.8) is 0 Å². The van der Waals surface area contributed by atoms with Gasteiger partial charge in [0.25, 0.3) is 11.8 Å². The van der Waals surface area contributed by atoms with E-state index in [1.54, 1.807) is 12.1 Å². The Morgan fingerprint density at radius 1 is 1.03 bits per heavy atom. The fraction of sp³-hybridized carbons (Fsp3) is 0.190. The maximum Gasteiger partial charge on any atom is 0.347 e. The number of nitrogens with zero attached hydrogens (tertiary/aromatic N) is 1. The van der Waals surface area contributed by atoms with Crippen LogP contribution < -0.4 is 10.2 Å². The molecule has 1 N–H and O–H groups in total. The molecule has 0 unspecified atom stereocenters. The third-order valence-electron chi connectivity index (χ3n) is 4.70. The fourth-order valence-electron chi connectivity index (χ4n) is 3.28. The van der Waals surface area contributed by atoms with E-state index in [1.807, 2.05) is 0 Å². The van der Waals surface area contributed by atoms with Gasteiger partial charge in [0.2, 0.25) is 12.0 Å². The lowest BCUT2D eigenvalue weighted by Gasteiger charge is -2.14. The third kappa shape index (κ3) is 3.41. The van der Waals surface area contributed by atoms with Crippen molar-refractivity contribution in [2.75, 3.05) is 16.8 Å². The maximum absolute atomic E-state index is 12.9. The first-order valence-electron chi connectivity index (χ1n) is 9.13. The van der Waals surface area contributed by atoms with Crippen LogP contribution in [0.15, 0.2) is 42.5 Å². The molecule has 0 spiro atoms. The van der Waals surface area contributed by atoms with Crippen molar-refractivity contribution in [1.82, 2.24) is 0 Å². The molecular weight excluding hydrogens is 392 g/mol. The van der Waals surface area contributed by atoms with Crippen LogP contribution in [0, 0.1) is 0 Å². The first-order valence-corrected chi connectivity index (χ1v) is 9.13. The molecule has 2 aromatic rings. The molecule has 9 heteroatoms. The molecule has 3 amide bonds. The molecule has 4 rings (SSSR count). The van der Waals surface area contributed by atoms with Crippen molar-refractivity contribution in [2.45, 2.75) is 19.4 Å². The highest BCUT2D eigenvalue weighted by atomic mass is 16.6. The van der Waals surface area contributed by atoms with Crippen LogP contribution in [0.1, 0.15) is 44.4 Å². The van der Waals surface area contributed by atoms with Gasteiger partial charge < -0.3 is 14.8 Å². The highest BCUT2D eigenvalue weighted by Crippen LogP contribution is 2.30.